The van der Waals surface area contributed by atoms with E-state index in [1.807, 2.05) is 0 Å². The van der Waals surface area contributed by atoms with Gasteiger partial charge in [-0.15, -0.1) is 0 Å². The third-order valence-corrected chi connectivity index (χ3v) is 6.28. The summed E-state index contributed by atoms with van der Waals surface area (Å²) in [5.41, 5.74) is 1.03. The molecular weight excluding hydrogens is 384 g/mol. The van der Waals surface area contributed by atoms with Crippen LogP contribution in [0.4, 0.5) is 17.1 Å². The molecule has 2 aromatic rings. The second-order valence-electron chi connectivity index (χ2n) is 6.34. The summed E-state index contributed by atoms with van der Waals surface area (Å²) < 4.78 is 26.4. The van der Waals surface area contributed by atoms with E-state index in [2.05, 4.69) is 10.6 Å². The van der Waals surface area contributed by atoms with Gasteiger partial charge in [0.1, 0.15) is 0 Å². The maximum Gasteiger partial charge on any atom is 0.269 e. The minimum atomic E-state index is -3.48. The molecule has 0 radical (unpaired) electrons. The molecule has 2 N–H and O–H groups in total. The van der Waals surface area contributed by atoms with Crippen LogP contribution in [-0.4, -0.2) is 43.2 Å². The van der Waals surface area contributed by atoms with E-state index in [1.54, 1.807) is 12.1 Å². The van der Waals surface area contributed by atoms with E-state index in [1.165, 1.54) is 40.7 Å². The van der Waals surface area contributed by atoms with Gasteiger partial charge in [-0.25, -0.2) is 8.42 Å². The number of nitrogens with one attached hydrogen (secondary N) is 2. The Labute approximate surface area is 162 Å². The van der Waals surface area contributed by atoms with Gasteiger partial charge in [0, 0.05) is 36.6 Å². The molecule has 0 unspecified atom stereocenters. The quantitative estimate of drug-likeness (QED) is 0.540. The van der Waals surface area contributed by atoms with Crippen molar-refractivity contribution in [3.8, 4) is 0 Å². The van der Waals surface area contributed by atoms with Crippen molar-refractivity contribution >= 4 is 33.0 Å². The lowest BCUT2D eigenvalue weighted by Crippen LogP contribution is -2.27. The maximum atomic E-state index is 12.5. The van der Waals surface area contributed by atoms with Crippen molar-refractivity contribution in [3.63, 3.8) is 0 Å². The van der Waals surface area contributed by atoms with E-state index in [4.69, 9.17) is 0 Å². The van der Waals surface area contributed by atoms with Gasteiger partial charge < -0.3 is 10.6 Å². The Morgan fingerprint density at radius 3 is 2.14 bits per heavy atom. The summed E-state index contributed by atoms with van der Waals surface area (Å²) in [5, 5.41) is 16.2. The van der Waals surface area contributed by atoms with E-state index >= 15 is 0 Å². The van der Waals surface area contributed by atoms with Crippen LogP contribution in [0.1, 0.15) is 12.8 Å². The fraction of sp³-hybridized carbons (Fsp3) is 0.278. The number of non-ortho nitro benzene ring substituents is 1. The van der Waals surface area contributed by atoms with Crippen molar-refractivity contribution < 1.29 is 18.1 Å². The third kappa shape index (κ3) is 4.65. The molecule has 10 heteroatoms. The molecule has 1 aliphatic heterocycles. The van der Waals surface area contributed by atoms with Crippen molar-refractivity contribution in [1.82, 2.24) is 4.31 Å². The Bertz CT molecular complexity index is 952. The number of sulfonamides is 1. The molecule has 148 valence electrons. The number of hydrogen-bond acceptors (Lipinski definition) is 6. The van der Waals surface area contributed by atoms with E-state index in [0.717, 1.165) is 12.8 Å². The highest BCUT2D eigenvalue weighted by molar-refractivity contribution is 7.89. The number of carbonyl (C=O) groups excluding carboxylic acids is 1. The molecule has 0 bridgehead atoms. The predicted molar refractivity (Wildman–Crippen MR) is 105 cm³/mol. The molecular formula is C18H20N4O5S. The molecule has 0 saturated carbocycles. The van der Waals surface area contributed by atoms with E-state index in [0.29, 0.717) is 24.5 Å². The number of hydrogen-bond donors (Lipinski definition) is 2. The Balaban J connectivity index is 1.55. The second-order valence-corrected chi connectivity index (χ2v) is 8.28. The van der Waals surface area contributed by atoms with Crippen LogP contribution in [0.2, 0.25) is 0 Å². The molecule has 1 aliphatic rings. The van der Waals surface area contributed by atoms with E-state index in [9.17, 15) is 23.3 Å². The highest BCUT2D eigenvalue weighted by Crippen LogP contribution is 2.22. The summed E-state index contributed by atoms with van der Waals surface area (Å²) in [5.74, 6) is -0.325. The number of nitro groups is 1. The zero-order valence-corrected chi connectivity index (χ0v) is 15.8. The Morgan fingerprint density at radius 1 is 1.00 bits per heavy atom. The molecule has 9 nitrogen and oxygen atoms in total. The van der Waals surface area contributed by atoms with Crippen LogP contribution >= 0.6 is 0 Å². The minimum absolute atomic E-state index is 0.0287. The summed E-state index contributed by atoms with van der Waals surface area (Å²) in [7, 11) is -3.48. The van der Waals surface area contributed by atoms with E-state index < -0.39 is 14.9 Å². The number of anilines is 2. The molecule has 2 aromatic carbocycles. The van der Waals surface area contributed by atoms with Gasteiger partial charge >= 0.3 is 0 Å². The van der Waals surface area contributed by atoms with Gasteiger partial charge in [-0.1, -0.05) is 0 Å². The minimum Gasteiger partial charge on any atom is -0.376 e. The maximum absolute atomic E-state index is 12.5. The van der Waals surface area contributed by atoms with E-state index in [-0.39, 0.29) is 23.0 Å². The van der Waals surface area contributed by atoms with Crippen molar-refractivity contribution in [2.45, 2.75) is 17.7 Å². The fourth-order valence-corrected chi connectivity index (χ4v) is 4.39. The average molecular weight is 404 g/mol. The van der Waals surface area contributed by atoms with Gasteiger partial charge in [0.15, 0.2) is 0 Å². The molecule has 0 atom stereocenters. The summed E-state index contributed by atoms with van der Waals surface area (Å²) >= 11 is 0. The standard InChI is InChI=1S/C18H20N4O5S/c23-18(13-19-14-3-7-16(8-4-14)22(24)25)20-15-5-9-17(10-6-15)28(26,27)21-11-1-2-12-21/h3-10,19H,1-2,11-13H2,(H,20,23). The molecule has 1 amide bonds. The first kappa shape index (κ1) is 19.8. The van der Waals surface area contributed by atoms with Gasteiger partial charge in [0.2, 0.25) is 15.9 Å². The van der Waals surface area contributed by atoms with Crippen LogP contribution < -0.4 is 10.6 Å². The molecule has 0 spiro atoms. The van der Waals surface area contributed by atoms with Crippen LogP contribution in [-0.2, 0) is 14.8 Å². The van der Waals surface area contributed by atoms with Gasteiger partial charge in [-0.3, -0.25) is 14.9 Å². The summed E-state index contributed by atoms with van der Waals surface area (Å²) in [6.07, 6.45) is 1.74. The molecule has 1 fully saturated rings. The Morgan fingerprint density at radius 2 is 1.57 bits per heavy atom. The lowest BCUT2D eigenvalue weighted by atomic mass is 10.3. The Hall–Kier alpha value is -2.98. The highest BCUT2D eigenvalue weighted by atomic mass is 32.2. The van der Waals surface area contributed by atoms with Crippen LogP contribution in [0.3, 0.4) is 0 Å². The van der Waals surface area contributed by atoms with Gasteiger partial charge in [-0.2, -0.15) is 4.31 Å². The average Bonchev–Trinajstić information content (AvgIpc) is 3.23. The molecule has 28 heavy (non-hydrogen) atoms. The normalized spacial score (nSPS) is 14.6. The van der Waals surface area contributed by atoms with Crippen LogP contribution in [0.25, 0.3) is 0 Å². The van der Waals surface area contributed by atoms with Crippen LogP contribution in [0.5, 0.6) is 0 Å². The van der Waals surface area contributed by atoms with Crippen molar-refractivity contribution in [2.24, 2.45) is 0 Å². The van der Waals surface area contributed by atoms with Crippen molar-refractivity contribution in [2.75, 3.05) is 30.3 Å². The lowest BCUT2D eigenvalue weighted by Gasteiger charge is -2.15. The largest absolute Gasteiger partial charge is 0.376 e. The summed E-state index contributed by atoms with van der Waals surface area (Å²) in [6, 6.07) is 11.8. The van der Waals surface area contributed by atoms with Crippen LogP contribution in [0, 0.1) is 10.1 Å². The van der Waals surface area contributed by atoms with Gasteiger partial charge in [-0.05, 0) is 49.2 Å². The second kappa shape index (κ2) is 8.36. The first-order chi connectivity index (χ1) is 13.4. The number of rotatable bonds is 7. The topological polar surface area (TPSA) is 122 Å². The van der Waals surface area contributed by atoms with Crippen LogP contribution in [0.15, 0.2) is 53.4 Å². The number of benzene rings is 2. The third-order valence-electron chi connectivity index (χ3n) is 4.37. The highest BCUT2D eigenvalue weighted by Gasteiger charge is 2.26. The Kier molecular flexibility index (Phi) is 5.90. The molecule has 0 aromatic heterocycles. The van der Waals surface area contributed by atoms with Crippen molar-refractivity contribution in [1.29, 1.82) is 0 Å². The first-order valence-electron chi connectivity index (χ1n) is 8.75. The molecule has 3 rings (SSSR count). The van der Waals surface area contributed by atoms with Gasteiger partial charge in [0.05, 0.1) is 16.4 Å². The summed E-state index contributed by atoms with van der Waals surface area (Å²) in [6.45, 7) is 1.04. The SMILES string of the molecule is O=C(CNc1ccc([N+](=O)[O-])cc1)Nc1ccc(S(=O)(=O)N2CCCC2)cc1. The zero-order valence-electron chi connectivity index (χ0n) is 15.0. The summed E-state index contributed by atoms with van der Waals surface area (Å²) in [4.78, 5) is 22.4. The van der Waals surface area contributed by atoms with Gasteiger partial charge in [0.25, 0.3) is 5.69 Å². The predicted octanol–water partition coefficient (Wildman–Crippen LogP) is 2.43. The lowest BCUT2D eigenvalue weighted by molar-refractivity contribution is -0.384. The molecule has 0 aliphatic carbocycles. The monoisotopic (exact) mass is 404 g/mol. The number of nitrogens with zero attached hydrogens (tertiary/aromatic N) is 2. The number of amides is 1. The zero-order chi connectivity index (χ0) is 20.1. The first-order valence-corrected chi connectivity index (χ1v) is 10.2. The smallest absolute Gasteiger partial charge is 0.269 e. The fourth-order valence-electron chi connectivity index (χ4n) is 2.88. The van der Waals surface area contributed by atoms with Crippen molar-refractivity contribution in [3.05, 3.63) is 58.6 Å². The number of carbonyl (C=O) groups is 1. The molecule has 1 saturated heterocycles. The molecule has 1 heterocycles. The number of nitro benzene ring substituents is 1.